The molecule has 1 aromatic heterocycles. The topological polar surface area (TPSA) is 75.1 Å². The molecule has 0 fully saturated rings. The lowest BCUT2D eigenvalue weighted by Gasteiger charge is -2.08. The van der Waals surface area contributed by atoms with E-state index >= 15 is 0 Å². The number of aromatic nitrogens is 2. The molecule has 2 aromatic rings. The van der Waals surface area contributed by atoms with Crippen molar-refractivity contribution in [3.63, 3.8) is 0 Å². The highest BCUT2D eigenvalue weighted by molar-refractivity contribution is 5.96. The van der Waals surface area contributed by atoms with E-state index in [0.717, 1.165) is 24.2 Å². The van der Waals surface area contributed by atoms with Crippen LogP contribution in [0.3, 0.4) is 0 Å². The van der Waals surface area contributed by atoms with Gasteiger partial charge < -0.3 is 10.4 Å². The molecule has 0 saturated heterocycles. The highest BCUT2D eigenvalue weighted by Crippen LogP contribution is 2.20. The van der Waals surface area contributed by atoms with Crippen molar-refractivity contribution in [1.82, 2.24) is 9.97 Å². The van der Waals surface area contributed by atoms with Crippen LogP contribution in [0.4, 0.5) is 5.82 Å². The van der Waals surface area contributed by atoms with Gasteiger partial charge in [0.2, 0.25) is 0 Å². The molecule has 0 amide bonds. The Kier molecular flexibility index (Phi) is 4.87. The molecule has 0 aliphatic rings. The molecule has 1 heterocycles. The summed E-state index contributed by atoms with van der Waals surface area (Å²) in [7, 11) is 0. The Labute approximate surface area is 118 Å². The van der Waals surface area contributed by atoms with E-state index < -0.39 is 5.97 Å². The SMILES string of the molecule is CCCCCCNc1ncnc2cc(C(=O)O)ccc12. The average Bonchev–Trinajstić information content (AvgIpc) is 2.46. The normalized spacial score (nSPS) is 10.7. The lowest BCUT2D eigenvalue weighted by molar-refractivity contribution is 0.0697. The molecule has 20 heavy (non-hydrogen) atoms. The van der Waals surface area contributed by atoms with Crippen molar-refractivity contribution < 1.29 is 9.90 Å². The summed E-state index contributed by atoms with van der Waals surface area (Å²) in [6, 6.07) is 4.91. The summed E-state index contributed by atoms with van der Waals surface area (Å²) >= 11 is 0. The van der Waals surface area contributed by atoms with Crippen molar-refractivity contribution >= 4 is 22.7 Å². The van der Waals surface area contributed by atoms with E-state index in [9.17, 15) is 4.79 Å². The number of carboxylic acid groups (broad SMARTS) is 1. The van der Waals surface area contributed by atoms with Crippen LogP contribution >= 0.6 is 0 Å². The highest BCUT2D eigenvalue weighted by Gasteiger charge is 2.07. The summed E-state index contributed by atoms with van der Waals surface area (Å²) in [5.74, 6) is -0.178. The zero-order chi connectivity index (χ0) is 14.4. The summed E-state index contributed by atoms with van der Waals surface area (Å²) in [5.41, 5.74) is 0.890. The van der Waals surface area contributed by atoms with E-state index in [4.69, 9.17) is 5.11 Å². The summed E-state index contributed by atoms with van der Waals surface area (Å²) in [4.78, 5) is 19.3. The van der Waals surface area contributed by atoms with Crippen molar-refractivity contribution in [2.75, 3.05) is 11.9 Å². The third-order valence-corrected chi connectivity index (χ3v) is 3.21. The molecule has 0 saturated carbocycles. The maximum atomic E-state index is 10.9. The van der Waals surface area contributed by atoms with Gasteiger partial charge in [0.15, 0.2) is 0 Å². The van der Waals surface area contributed by atoms with Crippen LogP contribution in [0.2, 0.25) is 0 Å². The third-order valence-electron chi connectivity index (χ3n) is 3.21. The van der Waals surface area contributed by atoms with Crippen molar-refractivity contribution in [3.05, 3.63) is 30.1 Å². The first kappa shape index (κ1) is 14.2. The number of hydrogen-bond donors (Lipinski definition) is 2. The summed E-state index contributed by atoms with van der Waals surface area (Å²) in [6.07, 6.45) is 6.23. The number of hydrogen-bond acceptors (Lipinski definition) is 4. The second-order valence-corrected chi connectivity index (χ2v) is 4.75. The van der Waals surface area contributed by atoms with E-state index in [2.05, 4.69) is 22.2 Å². The molecule has 0 spiro atoms. The first-order chi connectivity index (χ1) is 9.72. The first-order valence-electron chi connectivity index (χ1n) is 6.94. The quantitative estimate of drug-likeness (QED) is 0.757. The minimum Gasteiger partial charge on any atom is -0.478 e. The average molecular weight is 273 g/mol. The van der Waals surface area contributed by atoms with E-state index in [1.807, 2.05) is 0 Å². The van der Waals surface area contributed by atoms with Crippen molar-refractivity contribution in [3.8, 4) is 0 Å². The van der Waals surface area contributed by atoms with Crippen molar-refractivity contribution in [2.24, 2.45) is 0 Å². The Morgan fingerprint density at radius 2 is 2.10 bits per heavy atom. The molecule has 0 aliphatic carbocycles. The third kappa shape index (κ3) is 3.44. The van der Waals surface area contributed by atoms with Crippen molar-refractivity contribution in [1.29, 1.82) is 0 Å². The predicted octanol–water partition coefficient (Wildman–Crippen LogP) is 3.32. The van der Waals surface area contributed by atoms with E-state index in [1.165, 1.54) is 25.6 Å². The minimum absolute atomic E-state index is 0.241. The van der Waals surface area contributed by atoms with Crippen LogP contribution in [0, 0.1) is 0 Å². The zero-order valence-electron chi connectivity index (χ0n) is 11.6. The number of nitrogens with zero attached hydrogens (tertiary/aromatic N) is 2. The van der Waals surface area contributed by atoms with Crippen LogP contribution in [0.25, 0.3) is 10.9 Å². The highest BCUT2D eigenvalue weighted by atomic mass is 16.4. The number of carboxylic acids is 1. The Balaban J connectivity index is 2.11. The van der Waals surface area contributed by atoms with Gasteiger partial charge in [-0.2, -0.15) is 0 Å². The van der Waals surface area contributed by atoms with Gasteiger partial charge in [-0.1, -0.05) is 26.2 Å². The van der Waals surface area contributed by atoms with Crippen LogP contribution < -0.4 is 5.32 Å². The van der Waals surface area contributed by atoms with Gasteiger partial charge in [0, 0.05) is 11.9 Å². The lowest BCUT2D eigenvalue weighted by Crippen LogP contribution is -2.05. The fourth-order valence-corrected chi connectivity index (χ4v) is 2.09. The van der Waals surface area contributed by atoms with Gasteiger partial charge >= 0.3 is 5.97 Å². The van der Waals surface area contributed by atoms with Gasteiger partial charge in [-0.15, -0.1) is 0 Å². The van der Waals surface area contributed by atoms with E-state index in [1.54, 1.807) is 18.2 Å². The van der Waals surface area contributed by atoms with E-state index in [-0.39, 0.29) is 5.56 Å². The molecule has 1 aromatic carbocycles. The number of anilines is 1. The number of unbranched alkanes of at least 4 members (excludes halogenated alkanes) is 3. The largest absolute Gasteiger partial charge is 0.478 e. The number of benzene rings is 1. The van der Waals surface area contributed by atoms with Crippen LogP contribution in [0.1, 0.15) is 43.0 Å². The Bertz CT molecular complexity index is 599. The zero-order valence-corrected chi connectivity index (χ0v) is 11.6. The molecule has 2 N–H and O–H groups in total. The Hall–Kier alpha value is -2.17. The van der Waals surface area contributed by atoms with Crippen LogP contribution in [-0.4, -0.2) is 27.6 Å². The second kappa shape index (κ2) is 6.84. The van der Waals surface area contributed by atoms with Gasteiger partial charge in [0.05, 0.1) is 11.1 Å². The maximum absolute atomic E-state index is 10.9. The maximum Gasteiger partial charge on any atom is 0.335 e. The van der Waals surface area contributed by atoms with Gasteiger partial charge in [-0.25, -0.2) is 14.8 Å². The molecule has 0 radical (unpaired) electrons. The number of rotatable bonds is 7. The molecular formula is C15H19N3O2. The molecule has 0 atom stereocenters. The fourth-order valence-electron chi connectivity index (χ4n) is 2.09. The molecule has 5 nitrogen and oxygen atoms in total. The number of nitrogens with one attached hydrogen (secondary N) is 1. The lowest BCUT2D eigenvalue weighted by atomic mass is 10.1. The molecule has 0 unspecified atom stereocenters. The van der Waals surface area contributed by atoms with Crippen LogP contribution in [0.5, 0.6) is 0 Å². The monoisotopic (exact) mass is 273 g/mol. The fraction of sp³-hybridized carbons (Fsp3) is 0.400. The number of aromatic carboxylic acids is 1. The standard InChI is InChI=1S/C15H19N3O2/c1-2-3-4-5-8-16-14-12-7-6-11(15(19)20)9-13(12)17-10-18-14/h6-7,9-10H,2-5,8H2,1H3,(H,19,20)(H,16,17,18). The minimum atomic E-state index is -0.945. The smallest absolute Gasteiger partial charge is 0.335 e. The van der Waals surface area contributed by atoms with Crippen molar-refractivity contribution in [2.45, 2.75) is 32.6 Å². The first-order valence-corrected chi connectivity index (χ1v) is 6.94. The molecule has 2 rings (SSSR count). The molecule has 0 aliphatic heterocycles. The molecule has 0 bridgehead atoms. The summed E-state index contributed by atoms with van der Waals surface area (Å²) in [6.45, 7) is 3.05. The Morgan fingerprint density at radius 1 is 1.25 bits per heavy atom. The summed E-state index contributed by atoms with van der Waals surface area (Å²) < 4.78 is 0. The van der Waals surface area contributed by atoms with Crippen LogP contribution in [-0.2, 0) is 0 Å². The second-order valence-electron chi connectivity index (χ2n) is 4.75. The van der Waals surface area contributed by atoms with Gasteiger partial charge in [0.1, 0.15) is 12.1 Å². The Morgan fingerprint density at radius 3 is 2.85 bits per heavy atom. The summed E-state index contributed by atoms with van der Waals surface area (Å²) in [5, 5.41) is 13.1. The number of fused-ring (bicyclic) bond motifs is 1. The van der Waals surface area contributed by atoms with E-state index in [0.29, 0.717) is 5.52 Å². The number of carbonyl (C=O) groups is 1. The molecular weight excluding hydrogens is 254 g/mol. The van der Waals surface area contributed by atoms with Gasteiger partial charge in [-0.3, -0.25) is 0 Å². The van der Waals surface area contributed by atoms with Gasteiger partial charge in [-0.05, 0) is 24.6 Å². The van der Waals surface area contributed by atoms with Crippen LogP contribution in [0.15, 0.2) is 24.5 Å². The molecule has 5 heteroatoms. The van der Waals surface area contributed by atoms with Gasteiger partial charge in [0.25, 0.3) is 0 Å². The predicted molar refractivity (Wildman–Crippen MR) is 79.1 cm³/mol. The molecule has 106 valence electrons.